The van der Waals surface area contributed by atoms with Gasteiger partial charge in [0, 0.05) is 18.4 Å². The minimum atomic E-state index is -4.41. The number of pyridine rings is 1. The molecule has 0 spiro atoms. The van der Waals surface area contributed by atoms with Gasteiger partial charge in [-0.2, -0.15) is 13.2 Å². The van der Waals surface area contributed by atoms with Crippen molar-refractivity contribution in [2.75, 3.05) is 11.9 Å². The average Bonchev–Trinajstić information content (AvgIpc) is 3.30. The van der Waals surface area contributed by atoms with Crippen molar-refractivity contribution in [2.45, 2.75) is 24.9 Å². The Morgan fingerprint density at radius 1 is 1.17 bits per heavy atom. The molecule has 2 aromatic heterocycles. The van der Waals surface area contributed by atoms with E-state index in [2.05, 4.69) is 25.8 Å². The molecule has 1 aliphatic heterocycles. The van der Waals surface area contributed by atoms with Crippen molar-refractivity contribution in [3.8, 4) is 11.5 Å². The third-order valence-electron chi connectivity index (χ3n) is 4.82. The van der Waals surface area contributed by atoms with Crippen LogP contribution in [0, 0.1) is 0 Å². The number of rotatable bonds is 4. The molecule has 0 radical (unpaired) electrons. The summed E-state index contributed by atoms with van der Waals surface area (Å²) in [5, 5.41) is 13.8. The van der Waals surface area contributed by atoms with E-state index in [0.717, 1.165) is 12.1 Å². The van der Waals surface area contributed by atoms with Gasteiger partial charge in [0.1, 0.15) is 11.2 Å². The van der Waals surface area contributed by atoms with Crippen molar-refractivity contribution >= 4 is 17.4 Å². The third kappa shape index (κ3) is 3.53. The smallest absolute Gasteiger partial charge is 0.416 e. The molecule has 1 amide bonds. The highest BCUT2D eigenvalue weighted by atomic mass is 19.4. The van der Waals surface area contributed by atoms with Crippen LogP contribution in [0.4, 0.5) is 24.7 Å². The Bertz CT molecular complexity index is 1050. The minimum Gasteiger partial charge on any atom is -0.419 e. The largest absolute Gasteiger partial charge is 0.419 e. The molecule has 29 heavy (non-hydrogen) atoms. The van der Waals surface area contributed by atoms with E-state index >= 15 is 0 Å². The van der Waals surface area contributed by atoms with Gasteiger partial charge in [-0.1, -0.05) is 0 Å². The molecule has 0 unspecified atom stereocenters. The van der Waals surface area contributed by atoms with Crippen molar-refractivity contribution in [3.05, 3.63) is 54.0 Å². The fraction of sp³-hybridized carbons (Fsp3) is 0.263. The zero-order valence-electron chi connectivity index (χ0n) is 15.2. The van der Waals surface area contributed by atoms with Crippen molar-refractivity contribution in [3.63, 3.8) is 0 Å². The number of amides is 1. The lowest BCUT2D eigenvalue weighted by Gasteiger charge is -2.14. The van der Waals surface area contributed by atoms with Crippen LogP contribution < -0.4 is 10.6 Å². The summed E-state index contributed by atoms with van der Waals surface area (Å²) in [5.74, 6) is 0.515. The number of alkyl halides is 3. The van der Waals surface area contributed by atoms with Gasteiger partial charge in [0.2, 0.25) is 11.8 Å². The summed E-state index contributed by atoms with van der Waals surface area (Å²) < 4.78 is 44.0. The Morgan fingerprint density at radius 3 is 2.59 bits per heavy atom. The lowest BCUT2D eigenvalue weighted by atomic mass is 9.89. The van der Waals surface area contributed by atoms with Gasteiger partial charge in [-0.05, 0) is 49.7 Å². The Morgan fingerprint density at radius 2 is 1.93 bits per heavy atom. The molecule has 1 fully saturated rings. The molecule has 10 heteroatoms. The van der Waals surface area contributed by atoms with E-state index < -0.39 is 17.2 Å². The molecule has 0 aliphatic carbocycles. The summed E-state index contributed by atoms with van der Waals surface area (Å²) in [6, 6.07) is 7.94. The van der Waals surface area contributed by atoms with Crippen LogP contribution >= 0.6 is 0 Å². The molecular formula is C19H16F3N5O2. The van der Waals surface area contributed by atoms with Crippen LogP contribution in [-0.4, -0.2) is 27.6 Å². The fourth-order valence-corrected chi connectivity index (χ4v) is 3.05. The highest BCUT2D eigenvalue weighted by Crippen LogP contribution is 2.35. The number of halogens is 3. The Hall–Kier alpha value is -3.43. The number of carbonyl (C=O) groups is 1. The molecule has 1 saturated heterocycles. The van der Waals surface area contributed by atoms with E-state index in [1.807, 2.05) is 0 Å². The van der Waals surface area contributed by atoms with Crippen LogP contribution in [0.2, 0.25) is 0 Å². The monoisotopic (exact) mass is 403 g/mol. The molecule has 3 heterocycles. The summed E-state index contributed by atoms with van der Waals surface area (Å²) in [6.07, 6.45) is -2.34. The lowest BCUT2D eigenvalue weighted by Crippen LogP contribution is -2.32. The van der Waals surface area contributed by atoms with Crippen molar-refractivity contribution < 1.29 is 22.4 Å². The number of anilines is 2. The van der Waals surface area contributed by atoms with E-state index in [1.165, 1.54) is 18.3 Å². The van der Waals surface area contributed by atoms with Crippen LogP contribution in [-0.2, 0) is 16.4 Å². The minimum absolute atomic E-state index is 0.156. The molecule has 1 aromatic carbocycles. The van der Waals surface area contributed by atoms with Gasteiger partial charge >= 0.3 is 6.18 Å². The summed E-state index contributed by atoms with van der Waals surface area (Å²) in [5.41, 5.74) is -0.754. The summed E-state index contributed by atoms with van der Waals surface area (Å²) in [7, 11) is 0. The first kappa shape index (κ1) is 18.9. The van der Waals surface area contributed by atoms with Gasteiger partial charge in [-0.15, -0.1) is 10.2 Å². The van der Waals surface area contributed by atoms with E-state index in [-0.39, 0.29) is 17.7 Å². The molecular weight excluding hydrogens is 387 g/mol. The second-order valence-electron chi connectivity index (χ2n) is 6.85. The molecule has 4 rings (SSSR count). The van der Waals surface area contributed by atoms with Crippen LogP contribution in [0.3, 0.4) is 0 Å². The highest BCUT2D eigenvalue weighted by molar-refractivity contribution is 5.88. The maximum Gasteiger partial charge on any atom is 0.416 e. The molecule has 7 nitrogen and oxygen atoms in total. The molecule has 0 saturated carbocycles. The van der Waals surface area contributed by atoms with E-state index in [4.69, 9.17) is 4.42 Å². The Kier molecular flexibility index (Phi) is 4.48. The summed E-state index contributed by atoms with van der Waals surface area (Å²) in [6.45, 7) is 2.26. The topological polar surface area (TPSA) is 92.9 Å². The summed E-state index contributed by atoms with van der Waals surface area (Å²) >= 11 is 0. The van der Waals surface area contributed by atoms with Crippen molar-refractivity contribution in [2.24, 2.45) is 0 Å². The SMILES string of the molecule is C[C@@]1(c2nnc(-c3cccnc3Nc3ccc(C(F)(F)F)cc3)o2)CCNC1=O. The lowest BCUT2D eigenvalue weighted by molar-refractivity contribution is -0.137. The quantitative estimate of drug-likeness (QED) is 0.691. The third-order valence-corrected chi connectivity index (χ3v) is 4.82. The number of hydrogen-bond donors (Lipinski definition) is 2. The van der Waals surface area contributed by atoms with Gasteiger partial charge in [0.15, 0.2) is 0 Å². The molecule has 150 valence electrons. The molecule has 2 N–H and O–H groups in total. The van der Waals surface area contributed by atoms with Crippen LogP contribution in [0.5, 0.6) is 0 Å². The maximum atomic E-state index is 12.7. The molecule has 3 aromatic rings. The number of aromatic nitrogens is 3. The zero-order chi connectivity index (χ0) is 20.6. The fourth-order valence-electron chi connectivity index (χ4n) is 3.05. The second-order valence-corrected chi connectivity index (χ2v) is 6.85. The summed E-state index contributed by atoms with van der Waals surface area (Å²) in [4.78, 5) is 16.3. The van der Waals surface area contributed by atoms with Gasteiger partial charge < -0.3 is 15.1 Å². The molecule has 1 atom stereocenters. The first-order chi connectivity index (χ1) is 13.8. The normalized spacial score (nSPS) is 19.2. The van der Waals surface area contributed by atoms with Crippen LogP contribution in [0.15, 0.2) is 47.0 Å². The standard InChI is InChI=1S/C19H16F3N5O2/c1-18(8-10-24-16(18)28)17-27-26-15(29-17)13-3-2-9-23-14(13)25-12-6-4-11(5-7-12)19(20,21)22/h2-7,9H,8,10H2,1H3,(H,23,25)(H,24,28)/t18-/m1/s1. The first-order valence-corrected chi connectivity index (χ1v) is 8.79. The second kappa shape index (κ2) is 6.87. The number of nitrogens with one attached hydrogen (secondary N) is 2. The van der Waals surface area contributed by atoms with E-state index in [9.17, 15) is 18.0 Å². The zero-order valence-corrected chi connectivity index (χ0v) is 15.2. The molecule has 1 aliphatic rings. The van der Waals surface area contributed by atoms with E-state index in [0.29, 0.717) is 30.0 Å². The Labute approximate surface area is 163 Å². The number of hydrogen-bond acceptors (Lipinski definition) is 6. The predicted octanol–water partition coefficient (Wildman–Crippen LogP) is 3.67. The predicted molar refractivity (Wildman–Crippen MR) is 97.2 cm³/mol. The number of carbonyl (C=O) groups excluding carboxylic acids is 1. The van der Waals surface area contributed by atoms with Crippen molar-refractivity contribution in [1.29, 1.82) is 0 Å². The molecule has 0 bridgehead atoms. The van der Waals surface area contributed by atoms with Gasteiger partial charge in [-0.25, -0.2) is 4.98 Å². The maximum absolute atomic E-state index is 12.7. The first-order valence-electron chi connectivity index (χ1n) is 8.79. The van der Waals surface area contributed by atoms with Gasteiger partial charge in [-0.3, -0.25) is 4.79 Å². The Balaban J connectivity index is 1.62. The average molecular weight is 403 g/mol. The van der Waals surface area contributed by atoms with E-state index in [1.54, 1.807) is 19.1 Å². The van der Waals surface area contributed by atoms with Gasteiger partial charge in [0.25, 0.3) is 5.89 Å². The number of benzene rings is 1. The highest BCUT2D eigenvalue weighted by Gasteiger charge is 2.44. The van der Waals surface area contributed by atoms with Crippen LogP contribution in [0.1, 0.15) is 24.8 Å². The number of nitrogens with zero attached hydrogens (tertiary/aromatic N) is 3. The van der Waals surface area contributed by atoms with Crippen molar-refractivity contribution in [1.82, 2.24) is 20.5 Å². The van der Waals surface area contributed by atoms with Gasteiger partial charge in [0.05, 0.1) is 11.1 Å². The van der Waals surface area contributed by atoms with Crippen LogP contribution in [0.25, 0.3) is 11.5 Å².